The van der Waals surface area contributed by atoms with Gasteiger partial charge in [0.15, 0.2) is 0 Å². The van der Waals surface area contributed by atoms with Crippen molar-refractivity contribution in [2.75, 3.05) is 4.90 Å². The Morgan fingerprint density at radius 2 is 1.08 bits per heavy atom. The van der Waals surface area contributed by atoms with Gasteiger partial charge in [0.2, 0.25) is 6.71 Å². The van der Waals surface area contributed by atoms with E-state index in [1.807, 2.05) is 0 Å². The van der Waals surface area contributed by atoms with Crippen LogP contribution in [0.3, 0.4) is 0 Å². The van der Waals surface area contributed by atoms with Crippen molar-refractivity contribution in [3.05, 3.63) is 160 Å². The van der Waals surface area contributed by atoms with Crippen molar-refractivity contribution in [3.63, 3.8) is 0 Å². The standard InChI is InChI=1S/C45H44BNSi/c1-43(2)33-24-16-17-25-36(33)46-40-34(43)27-31(47(29-19-11-9-12-20-29)30-21-13-10-14-22-30)28-35(40)44(3,4)39-38-32-23-15-18-26-37(32)48(7,8)42(38)45(5,6)41(39)46/h9-28H,1-8H3. The minimum absolute atomic E-state index is 0.0380. The number of para-hydroxylation sites is 2. The zero-order valence-corrected chi connectivity index (χ0v) is 30.6. The van der Waals surface area contributed by atoms with E-state index in [0.29, 0.717) is 0 Å². The Bertz CT molecular complexity index is 2200. The van der Waals surface area contributed by atoms with E-state index in [4.69, 9.17) is 0 Å². The van der Waals surface area contributed by atoms with E-state index in [2.05, 4.69) is 181 Å². The third kappa shape index (κ3) is 3.63. The highest BCUT2D eigenvalue weighted by Crippen LogP contribution is 2.63. The van der Waals surface area contributed by atoms with E-state index in [-0.39, 0.29) is 23.0 Å². The molecule has 1 nitrogen and oxygen atoms in total. The Kier molecular flexibility index (Phi) is 5.98. The number of hydrogen-bond acceptors (Lipinski definition) is 1. The van der Waals surface area contributed by atoms with Gasteiger partial charge in [0.05, 0.1) is 0 Å². The SMILES string of the molecule is CC1(C)C2=C(C3=C1[Si](C)(C)c1ccccc13)C(C)(C)c1cc(N(c3ccccc3)c3ccccc3)cc3c1B2c1ccccc1C3(C)C. The molecule has 0 N–H and O–H groups in total. The fraction of sp³-hybridized carbons (Fsp3) is 0.244. The predicted octanol–water partition coefficient (Wildman–Crippen LogP) is 9.49. The van der Waals surface area contributed by atoms with Crippen LogP contribution in [-0.2, 0) is 10.8 Å². The number of allylic oxidation sites excluding steroid dienone is 4. The Balaban J connectivity index is 1.40. The summed E-state index contributed by atoms with van der Waals surface area (Å²) >= 11 is 0. The predicted molar refractivity (Wildman–Crippen MR) is 209 cm³/mol. The number of nitrogens with zero attached hydrogens (tertiary/aromatic N) is 1. The monoisotopic (exact) mass is 637 g/mol. The molecule has 5 aromatic carbocycles. The number of anilines is 3. The molecule has 0 radical (unpaired) electrons. The molecular formula is C45H44BNSi. The van der Waals surface area contributed by atoms with E-state index in [0.717, 1.165) is 0 Å². The second kappa shape index (κ2) is 9.64. The van der Waals surface area contributed by atoms with Gasteiger partial charge in [-0.15, -0.1) is 0 Å². The van der Waals surface area contributed by atoms with Crippen LogP contribution < -0.4 is 21.0 Å². The largest absolute Gasteiger partial charge is 0.310 e. The van der Waals surface area contributed by atoms with Crippen LogP contribution in [-0.4, -0.2) is 14.8 Å². The molecule has 0 atom stereocenters. The molecule has 236 valence electrons. The van der Waals surface area contributed by atoms with Crippen molar-refractivity contribution < 1.29 is 0 Å². The van der Waals surface area contributed by atoms with Gasteiger partial charge in [-0.2, -0.15) is 0 Å². The summed E-state index contributed by atoms with van der Waals surface area (Å²) in [5.41, 5.74) is 17.0. The van der Waals surface area contributed by atoms with Crippen molar-refractivity contribution in [3.8, 4) is 0 Å². The third-order valence-corrected chi connectivity index (χ3v) is 16.4. The second-order valence-corrected chi connectivity index (χ2v) is 20.9. The summed E-state index contributed by atoms with van der Waals surface area (Å²) in [6.45, 7) is 20.5. The molecule has 0 saturated heterocycles. The maximum atomic E-state index is 2.60. The molecule has 3 aliphatic heterocycles. The Labute approximate surface area is 288 Å². The Morgan fingerprint density at radius 3 is 1.73 bits per heavy atom. The highest BCUT2D eigenvalue weighted by molar-refractivity contribution is 7.00. The van der Waals surface area contributed by atoms with Gasteiger partial charge in [0.25, 0.3) is 0 Å². The number of rotatable bonds is 3. The van der Waals surface area contributed by atoms with E-state index in [1.54, 1.807) is 32.5 Å². The molecule has 48 heavy (non-hydrogen) atoms. The van der Waals surface area contributed by atoms with Crippen LogP contribution in [0.15, 0.2) is 138 Å². The topological polar surface area (TPSA) is 3.24 Å². The maximum Gasteiger partial charge on any atom is 0.239 e. The zero-order chi connectivity index (χ0) is 33.4. The lowest BCUT2D eigenvalue weighted by molar-refractivity contribution is 0.570. The van der Waals surface area contributed by atoms with E-state index >= 15 is 0 Å². The lowest BCUT2D eigenvalue weighted by atomic mass is 9.25. The van der Waals surface area contributed by atoms with Gasteiger partial charge >= 0.3 is 0 Å². The molecule has 0 spiro atoms. The lowest BCUT2D eigenvalue weighted by Gasteiger charge is -2.50. The van der Waals surface area contributed by atoms with Gasteiger partial charge in [-0.3, -0.25) is 0 Å². The molecule has 1 aliphatic carbocycles. The van der Waals surface area contributed by atoms with Crippen LogP contribution in [0.4, 0.5) is 17.1 Å². The summed E-state index contributed by atoms with van der Waals surface area (Å²) in [4.78, 5) is 2.46. The normalized spacial score (nSPS) is 19.7. The van der Waals surface area contributed by atoms with Crippen molar-refractivity contribution in [2.24, 2.45) is 5.41 Å². The van der Waals surface area contributed by atoms with Crippen molar-refractivity contribution in [1.82, 2.24) is 0 Å². The van der Waals surface area contributed by atoms with E-state index in [9.17, 15) is 0 Å². The van der Waals surface area contributed by atoms with E-state index < -0.39 is 8.07 Å². The highest BCUT2D eigenvalue weighted by atomic mass is 28.3. The average molecular weight is 638 g/mol. The minimum Gasteiger partial charge on any atom is -0.310 e. The van der Waals surface area contributed by atoms with Gasteiger partial charge in [-0.25, -0.2) is 0 Å². The number of fused-ring (bicyclic) bond motifs is 6. The number of hydrogen-bond donors (Lipinski definition) is 0. The molecule has 0 bridgehead atoms. The first-order valence-electron chi connectivity index (χ1n) is 17.7. The molecule has 5 aromatic rings. The Hall–Kier alpha value is -4.34. The molecule has 9 rings (SSSR count). The fourth-order valence-electron chi connectivity index (χ4n) is 10.7. The van der Waals surface area contributed by atoms with Crippen molar-refractivity contribution in [1.29, 1.82) is 0 Å². The summed E-state index contributed by atoms with van der Waals surface area (Å²) in [5.74, 6) is 0. The molecule has 0 aromatic heterocycles. The lowest BCUT2D eigenvalue weighted by Crippen LogP contribution is -2.62. The van der Waals surface area contributed by atoms with Crippen LogP contribution in [0.2, 0.25) is 13.1 Å². The first-order valence-corrected chi connectivity index (χ1v) is 20.7. The molecule has 3 heteroatoms. The average Bonchev–Trinajstić information content (AvgIpc) is 3.48. The quantitative estimate of drug-likeness (QED) is 0.178. The minimum atomic E-state index is -1.93. The van der Waals surface area contributed by atoms with Gasteiger partial charge in [-0.1, -0.05) is 161 Å². The van der Waals surface area contributed by atoms with Crippen LogP contribution >= 0.6 is 0 Å². The molecule has 4 aliphatic rings. The summed E-state index contributed by atoms with van der Waals surface area (Å²) in [7, 11) is -1.93. The van der Waals surface area contributed by atoms with Crippen LogP contribution in [0.25, 0.3) is 5.57 Å². The first-order chi connectivity index (χ1) is 22.9. The third-order valence-electron chi connectivity index (χ3n) is 12.5. The molecular weight excluding hydrogens is 593 g/mol. The maximum absolute atomic E-state index is 2.60. The summed E-state index contributed by atoms with van der Waals surface area (Å²) < 4.78 is 0. The zero-order valence-electron chi connectivity index (χ0n) is 29.6. The van der Waals surface area contributed by atoms with Gasteiger partial charge < -0.3 is 4.90 Å². The van der Waals surface area contributed by atoms with E-state index in [1.165, 1.54) is 44.8 Å². The molecule has 0 unspecified atom stereocenters. The number of benzene rings is 5. The van der Waals surface area contributed by atoms with Crippen LogP contribution in [0.5, 0.6) is 0 Å². The van der Waals surface area contributed by atoms with Crippen molar-refractivity contribution in [2.45, 2.75) is 65.5 Å². The van der Waals surface area contributed by atoms with Gasteiger partial charge in [0, 0.05) is 27.9 Å². The molecule has 3 heterocycles. The molecule has 0 saturated carbocycles. The highest BCUT2D eigenvalue weighted by Gasteiger charge is 2.61. The van der Waals surface area contributed by atoms with Crippen LogP contribution in [0.1, 0.15) is 63.8 Å². The molecule has 0 fully saturated rings. The second-order valence-electron chi connectivity index (χ2n) is 16.6. The van der Waals surface area contributed by atoms with Gasteiger partial charge in [-0.05, 0) is 80.4 Å². The van der Waals surface area contributed by atoms with Gasteiger partial charge in [0.1, 0.15) is 8.07 Å². The van der Waals surface area contributed by atoms with Crippen LogP contribution in [0, 0.1) is 5.41 Å². The smallest absolute Gasteiger partial charge is 0.239 e. The fourth-order valence-corrected chi connectivity index (χ4v) is 14.9. The molecule has 0 amide bonds. The summed E-state index contributed by atoms with van der Waals surface area (Å²) in [5, 5.41) is 3.34. The summed E-state index contributed by atoms with van der Waals surface area (Å²) in [6.07, 6.45) is 0. The summed E-state index contributed by atoms with van der Waals surface area (Å²) in [6, 6.07) is 45.7. The van der Waals surface area contributed by atoms with Crippen molar-refractivity contribution >= 4 is 53.5 Å². The Morgan fingerprint density at radius 1 is 0.542 bits per heavy atom. The first kappa shape index (κ1) is 29.8.